The molecule has 0 aliphatic heterocycles. The van der Waals surface area contributed by atoms with Gasteiger partial charge in [0.25, 0.3) is 0 Å². The molecule has 0 radical (unpaired) electrons. The molecular formula is C12H25+. The van der Waals surface area contributed by atoms with Gasteiger partial charge >= 0.3 is 0 Å². The van der Waals surface area contributed by atoms with Crippen LogP contribution in [0.25, 0.3) is 0 Å². The van der Waals surface area contributed by atoms with E-state index in [4.69, 9.17) is 0 Å². The minimum absolute atomic E-state index is 0.873. The fourth-order valence-corrected chi connectivity index (χ4v) is 1.76. The minimum atomic E-state index is 0.873. The molecule has 0 saturated heterocycles. The van der Waals surface area contributed by atoms with Crippen LogP contribution < -0.4 is 0 Å². The van der Waals surface area contributed by atoms with Crippen molar-refractivity contribution in [3.63, 3.8) is 0 Å². The van der Waals surface area contributed by atoms with Crippen molar-refractivity contribution in [1.29, 1.82) is 0 Å². The molecule has 0 aliphatic rings. The Kier molecular flexibility index (Phi) is 7.43. The normalized spacial score (nSPS) is 13.4. The molecule has 72 valence electrons. The summed E-state index contributed by atoms with van der Waals surface area (Å²) < 4.78 is 0. The van der Waals surface area contributed by atoms with Gasteiger partial charge in [0.1, 0.15) is 0 Å². The molecule has 0 aromatic heterocycles. The first-order chi connectivity index (χ1) is 5.66. The maximum absolute atomic E-state index is 2.38. The summed E-state index contributed by atoms with van der Waals surface area (Å²) in [7, 11) is 0. The Bertz CT molecular complexity index is 84.0. The molecular weight excluding hydrogens is 144 g/mol. The van der Waals surface area contributed by atoms with Crippen molar-refractivity contribution in [3.05, 3.63) is 6.42 Å². The number of hydrogen-bond donors (Lipinski definition) is 0. The molecule has 0 bridgehead atoms. The third kappa shape index (κ3) is 7.97. The summed E-state index contributed by atoms with van der Waals surface area (Å²) in [5.41, 5.74) is 0. The van der Waals surface area contributed by atoms with E-state index in [0.717, 1.165) is 11.8 Å². The first kappa shape index (κ1) is 11.9. The topological polar surface area (TPSA) is 0 Å². The van der Waals surface area contributed by atoms with E-state index in [2.05, 4.69) is 34.1 Å². The van der Waals surface area contributed by atoms with E-state index in [0.29, 0.717) is 0 Å². The first-order valence-corrected chi connectivity index (χ1v) is 5.44. The summed E-state index contributed by atoms with van der Waals surface area (Å²) in [4.78, 5) is 0. The zero-order valence-electron chi connectivity index (χ0n) is 9.27. The van der Waals surface area contributed by atoms with Crippen LogP contribution in [0.5, 0.6) is 0 Å². The highest BCUT2D eigenvalue weighted by atomic mass is 14.1. The SMILES string of the molecule is C[CH+]CCCCC(C)CC(C)C. The largest absolute Gasteiger partial charge is 0.0872 e. The molecule has 1 atom stereocenters. The first-order valence-electron chi connectivity index (χ1n) is 5.44. The second-order valence-corrected chi connectivity index (χ2v) is 4.43. The van der Waals surface area contributed by atoms with Gasteiger partial charge in [0.2, 0.25) is 0 Å². The average Bonchev–Trinajstić information content (AvgIpc) is 1.97. The Labute approximate surface area is 78.8 Å². The highest BCUT2D eigenvalue weighted by Gasteiger charge is 2.04. The van der Waals surface area contributed by atoms with Crippen molar-refractivity contribution < 1.29 is 0 Å². The Morgan fingerprint density at radius 1 is 1.08 bits per heavy atom. The van der Waals surface area contributed by atoms with E-state index >= 15 is 0 Å². The van der Waals surface area contributed by atoms with Gasteiger partial charge in [-0.1, -0.05) is 27.2 Å². The summed E-state index contributed by atoms with van der Waals surface area (Å²) in [5, 5.41) is 0. The van der Waals surface area contributed by atoms with Gasteiger partial charge in [-0.05, 0) is 31.1 Å². The third-order valence-electron chi connectivity index (χ3n) is 2.31. The summed E-state index contributed by atoms with van der Waals surface area (Å²) in [6.07, 6.45) is 9.19. The van der Waals surface area contributed by atoms with Crippen molar-refractivity contribution in [1.82, 2.24) is 0 Å². The van der Waals surface area contributed by atoms with Crippen LogP contribution in [0, 0.1) is 18.3 Å². The number of unbranched alkanes of at least 4 members (excludes halogenated alkanes) is 3. The smallest absolute Gasteiger partial charge is 0.0628 e. The predicted molar refractivity (Wildman–Crippen MR) is 57.1 cm³/mol. The molecule has 0 nitrogen and oxygen atoms in total. The monoisotopic (exact) mass is 169 g/mol. The molecule has 0 aromatic rings. The molecule has 0 fully saturated rings. The van der Waals surface area contributed by atoms with Crippen LogP contribution in [0.15, 0.2) is 0 Å². The van der Waals surface area contributed by atoms with Gasteiger partial charge in [-0.15, -0.1) is 0 Å². The molecule has 0 N–H and O–H groups in total. The zero-order valence-corrected chi connectivity index (χ0v) is 9.27. The van der Waals surface area contributed by atoms with Gasteiger partial charge in [-0.3, -0.25) is 0 Å². The summed E-state index contributed by atoms with van der Waals surface area (Å²) >= 11 is 0. The van der Waals surface area contributed by atoms with Crippen LogP contribution in [0.3, 0.4) is 0 Å². The van der Waals surface area contributed by atoms with Gasteiger partial charge in [0, 0.05) is 0 Å². The lowest BCUT2D eigenvalue weighted by atomic mass is 9.94. The molecule has 0 aliphatic carbocycles. The molecule has 0 spiro atoms. The third-order valence-corrected chi connectivity index (χ3v) is 2.31. The van der Waals surface area contributed by atoms with Crippen LogP contribution in [0.4, 0.5) is 0 Å². The highest BCUT2D eigenvalue weighted by Crippen LogP contribution is 2.17. The van der Waals surface area contributed by atoms with E-state index in [-0.39, 0.29) is 0 Å². The Morgan fingerprint density at radius 3 is 2.25 bits per heavy atom. The van der Waals surface area contributed by atoms with E-state index < -0.39 is 0 Å². The zero-order chi connectivity index (χ0) is 9.40. The van der Waals surface area contributed by atoms with Gasteiger partial charge < -0.3 is 0 Å². The lowest BCUT2D eigenvalue weighted by molar-refractivity contribution is 0.401. The van der Waals surface area contributed by atoms with Crippen LogP contribution in [-0.2, 0) is 0 Å². The maximum Gasteiger partial charge on any atom is 0.0872 e. The standard InChI is InChI=1S/C12H25/c1-5-6-7-8-9-12(4)10-11(2)3/h5,11-12H,6-10H2,1-4H3/q+1. The molecule has 0 rings (SSSR count). The Balaban J connectivity index is 3.14. The predicted octanol–water partition coefficient (Wildman–Crippen LogP) is 4.45. The summed E-state index contributed by atoms with van der Waals surface area (Å²) in [6, 6.07) is 0. The molecule has 0 aromatic carbocycles. The number of hydrogen-bond acceptors (Lipinski definition) is 0. The van der Waals surface area contributed by atoms with Crippen LogP contribution >= 0.6 is 0 Å². The molecule has 0 saturated carbocycles. The van der Waals surface area contributed by atoms with Gasteiger partial charge in [-0.25, -0.2) is 0 Å². The van der Waals surface area contributed by atoms with Crippen molar-refractivity contribution in [2.45, 2.75) is 59.8 Å². The number of rotatable bonds is 7. The van der Waals surface area contributed by atoms with E-state index in [1.807, 2.05) is 0 Å². The molecule has 0 amide bonds. The summed E-state index contributed by atoms with van der Waals surface area (Å²) in [6.45, 7) is 9.17. The molecule has 12 heavy (non-hydrogen) atoms. The van der Waals surface area contributed by atoms with Crippen molar-refractivity contribution in [2.75, 3.05) is 0 Å². The average molecular weight is 169 g/mol. The minimum Gasteiger partial charge on any atom is -0.0628 e. The second kappa shape index (κ2) is 7.52. The van der Waals surface area contributed by atoms with Gasteiger partial charge in [0.15, 0.2) is 0 Å². The van der Waals surface area contributed by atoms with E-state index in [1.54, 1.807) is 0 Å². The Morgan fingerprint density at radius 2 is 1.75 bits per heavy atom. The van der Waals surface area contributed by atoms with Gasteiger partial charge in [0.05, 0.1) is 19.8 Å². The highest BCUT2D eigenvalue weighted by molar-refractivity contribution is 4.59. The van der Waals surface area contributed by atoms with E-state index in [1.165, 1.54) is 32.1 Å². The van der Waals surface area contributed by atoms with Crippen molar-refractivity contribution in [2.24, 2.45) is 11.8 Å². The lowest BCUT2D eigenvalue weighted by Crippen LogP contribution is -1.99. The molecule has 0 heterocycles. The van der Waals surface area contributed by atoms with Crippen molar-refractivity contribution >= 4 is 0 Å². The van der Waals surface area contributed by atoms with Gasteiger partial charge in [-0.2, -0.15) is 0 Å². The second-order valence-electron chi connectivity index (χ2n) is 4.43. The summed E-state index contributed by atoms with van der Waals surface area (Å²) in [5.74, 6) is 1.81. The maximum atomic E-state index is 2.38. The van der Waals surface area contributed by atoms with Crippen LogP contribution in [0.2, 0.25) is 0 Å². The fraction of sp³-hybridized carbons (Fsp3) is 0.917. The fourth-order valence-electron chi connectivity index (χ4n) is 1.76. The van der Waals surface area contributed by atoms with Crippen molar-refractivity contribution in [3.8, 4) is 0 Å². The molecule has 1 unspecified atom stereocenters. The molecule has 0 heteroatoms. The van der Waals surface area contributed by atoms with Crippen LogP contribution in [0.1, 0.15) is 59.8 Å². The quantitative estimate of drug-likeness (QED) is 0.390. The Hall–Kier alpha value is -0.130. The van der Waals surface area contributed by atoms with E-state index in [9.17, 15) is 0 Å². The lowest BCUT2D eigenvalue weighted by Gasteiger charge is -2.12. The van der Waals surface area contributed by atoms with Crippen LogP contribution in [-0.4, -0.2) is 0 Å².